The molecule has 0 saturated carbocycles. The van der Waals surface area contributed by atoms with Gasteiger partial charge in [0.25, 0.3) is 5.91 Å². The Balaban J connectivity index is 1.54. The van der Waals surface area contributed by atoms with E-state index in [0.29, 0.717) is 23.8 Å². The van der Waals surface area contributed by atoms with Gasteiger partial charge in [-0.1, -0.05) is 34.6 Å². The van der Waals surface area contributed by atoms with Gasteiger partial charge in [0.1, 0.15) is 0 Å². The molecular weight excluding hydrogens is 340 g/mol. The average molecular weight is 352 g/mol. The summed E-state index contributed by atoms with van der Waals surface area (Å²) in [5.74, 6) is 0.820. The van der Waals surface area contributed by atoms with E-state index in [-0.39, 0.29) is 11.7 Å². The number of hydrogen-bond donors (Lipinski definition) is 1. The molecule has 1 N–H and O–H groups in total. The van der Waals surface area contributed by atoms with Gasteiger partial charge in [-0.25, -0.2) is 0 Å². The molecule has 0 fully saturated rings. The van der Waals surface area contributed by atoms with Crippen molar-refractivity contribution in [2.45, 2.75) is 6.42 Å². The van der Waals surface area contributed by atoms with Crippen LogP contribution in [-0.2, 0) is 6.42 Å². The van der Waals surface area contributed by atoms with E-state index in [2.05, 4.69) is 20.6 Å². The van der Waals surface area contributed by atoms with Gasteiger partial charge in [-0.05, 0) is 23.1 Å². The Morgan fingerprint density at radius 3 is 2.84 bits per heavy atom. The van der Waals surface area contributed by atoms with Crippen LogP contribution < -0.4 is 5.32 Å². The molecule has 0 radical (unpaired) electrons. The zero-order valence-electron chi connectivity index (χ0n) is 12.9. The minimum atomic E-state index is -0.366. The number of para-hydroxylation sites is 1. The number of hydrogen-bond acceptors (Lipinski definition) is 7. The second-order valence-corrected chi connectivity index (χ2v) is 6.10. The SMILES string of the molecule is O=C(Nc1ccccc1Cc1nc(-c2cccs2)no1)c1ccno1. The number of amides is 1. The lowest BCUT2D eigenvalue weighted by Crippen LogP contribution is -2.12. The van der Waals surface area contributed by atoms with Gasteiger partial charge in [-0.3, -0.25) is 4.79 Å². The van der Waals surface area contributed by atoms with Crippen molar-refractivity contribution in [3.8, 4) is 10.7 Å². The molecule has 4 aromatic rings. The number of anilines is 1. The van der Waals surface area contributed by atoms with Crippen LogP contribution in [0.1, 0.15) is 22.0 Å². The van der Waals surface area contributed by atoms with Crippen molar-refractivity contribution >= 4 is 22.9 Å². The van der Waals surface area contributed by atoms with E-state index in [1.165, 1.54) is 12.3 Å². The molecule has 3 aromatic heterocycles. The maximum atomic E-state index is 12.1. The lowest BCUT2D eigenvalue weighted by atomic mass is 10.1. The first kappa shape index (κ1) is 15.3. The van der Waals surface area contributed by atoms with Crippen molar-refractivity contribution < 1.29 is 13.8 Å². The molecule has 7 nitrogen and oxygen atoms in total. The zero-order valence-corrected chi connectivity index (χ0v) is 13.7. The van der Waals surface area contributed by atoms with Crippen LogP contribution in [0.25, 0.3) is 10.7 Å². The van der Waals surface area contributed by atoms with E-state index < -0.39 is 0 Å². The highest BCUT2D eigenvalue weighted by Gasteiger charge is 2.15. The van der Waals surface area contributed by atoms with Crippen molar-refractivity contribution in [3.05, 3.63) is 71.3 Å². The second kappa shape index (κ2) is 6.70. The number of thiophene rings is 1. The summed E-state index contributed by atoms with van der Waals surface area (Å²) in [6.07, 6.45) is 1.83. The first-order chi connectivity index (χ1) is 12.3. The number of benzene rings is 1. The predicted octanol–water partition coefficient (Wildman–Crippen LogP) is 3.63. The van der Waals surface area contributed by atoms with E-state index in [4.69, 9.17) is 9.05 Å². The van der Waals surface area contributed by atoms with E-state index in [0.717, 1.165) is 10.4 Å². The Bertz CT molecular complexity index is 977. The van der Waals surface area contributed by atoms with Gasteiger partial charge in [-0.15, -0.1) is 11.3 Å². The monoisotopic (exact) mass is 352 g/mol. The highest BCUT2D eigenvalue weighted by Crippen LogP contribution is 2.24. The highest BCUT2D eigenvalue weighted by molar-refractivity contribution is 7.13. The molecule has 0 bridgehead atoms. The van der Waals surface area contributed by atoms with Crippen LogP contribution in [-0.4, -0.2) is 21.2 Å². The molecule has 0 unspecified atom stereocenters. The molecule has 0 saturated heterocycles. The molecule has 0 aliphatic rings. The molecule has 3 heterocycles. The van der Waals surface area contributed by atoms with Crippen LogP contribution in [0.15, 0.2) is 63.1 Å². The molecule has 1 amide bonds. The van der Waals surface area contributed by atoms with Crippen LogP contribution in [0.4, 0.5) is 5.69 Å². The number of rotatable bonds is 5. The molecular formula is C17H12N4O3S. The van der Waals surface area contributed by atoms with Gasteiger partial charge >= 0.3 is 0 Å². The van der Waals surface area contributed by atoms with Crippen molar-refractivity contribution in [2.24, 2.45) is 0 Å². The summed E-state index contributed by atoms with van der Waals surface area (Å²) >= 11 is 1.55. The average Bonchev–Trinajstić information content (AvgIpc) is 3.38. The Labute approximate surface area is 146 Å². The lowest BCUT2D eigenvalue weighted by Gasteiger charge is -2.08. The third-order valence-corrected chi connectivity index (χ3v) is 4.34. The second-order valence-electron chi connectivity index (χ2n) is 5.15. The van der Waals surface area contributed by atoms with E-state index in [1.54, 1.807) is 17.4 Å². The van der Waals surface area contributed by atoms with Gasteiger partial charge in [0.05, 0.1) is 17.5 Å². The van der Waals surface area contributed by atoms with E-state index >= 15 is 0 Å². The smallest absolute Gasteiger partial charge is 0.294 e. The van der Waals surface area contributed by atoms with Crippen LogP contribution >= 0.6 is 11.3 Å². The Hall–Kier alpha value is -3.26. The number of nitrogens with zero attached hydrogens (tertiary/aromatic N) is 3. The molecule has 0 aliphatic heterocycles. The van der Waals surface area contributed by atoms with Gasteiger partial charge in [0.15, 0.2) is 0 Å². The van der Waals surface area contributed by atoms with E-state index in [1.807, 2.05) is 35.7 Å². The van der Waals surface area contributed by atoms with Gasteiger partial charge in [0, 0.05) is 11.8 Å². The van der Waals surface area contributed by atoms with E-state index in [9.17, 15) is 4.79 Å². The fourth-order valence-corrected chi connectivity index (χ4v) is 2.96. The number of carbonyl (C=O) groups is 1. The molecule has 1 aromatic carbocycles. The summed E-state index contributed by atoms with van der Waals surface area (Å²) in [5.41, 5.74) is 1.51. The number of carbonyl (C=O) groups excluding carboxylic acids is 1. The maximum absolute atomic E-state index is 12.1. The quantitative estimate of drug-likeness (QED) is 0.589. The lowest BCUT2D eigenvalue weighted by molar-refractivity contribution is 0.0988. The van der Waals surface area contributed by atoms with Gasteiger partial charge in [-0.2, -0.15) is 4.98 Å². The third-order valence-electron chi connectivity index (χ3n) is 3.48. The van der Waals surface area contributed by atoms with Crippen LogP contribution in [0.3, 0.4) is 0 Å². The summed E-state index contributed by atoms with van der Waals surface area (Å²) in [5, 5.41) is 12.3. The normalized spacial score (nSPS) is 10.7. The molecule has 25 heavy (non-hydrogen) atoms. The maximum Gasteiger partial charge on any atom is 0.294 e. The topological polar surface area (TPSA) is 94.1 Å². The standard InChI is InChI=1S/C17H12N4O3S/c22-17(13-7-8-18-23-13)19-12-5-2-1-4-11(12)10-15-20-16(21-24-15)14-6-3-9-25-14/h1-9H,10H2,(H,19,22). The highest BCUT2D eigenvalue weighted by atomic mass is 32.1. The first-order valence-corrected chi connectivity index (χ1v) is 8.34. The van der Waals surface area contributed by atoms with Crippen molar-refractivity contribution in [3.63, 3.8) is 0 Å². The fraction of sp³-hybridized carbons (Fsp3) is 0.0588. The molecule has 0 atom stereocenters. The Morgan fingerprint density at radius 2 is 2.04 bits per heavy atom. The summed E-state index contributed by atoms with van der Waals surface area (Å²) in [6, 6.07) is 12.8. The van der Waals surface area contributed by atoms with Gasteiger partial charge in [0.2, 0.25) is 17.5 Å². The number of aromatic nitrogens is 3. The fourth-order valence-electron chi connectivity index (χ4n) is 2.31. The minimum absolute atomic E-state index is 0.146. The predicted molar refractivity (Wildman–Crippen MR) is 91.3 cm³/mol. The van der Waals surface area contributed by atoms with Crippen molar-refractivity contribution in [2.75, 3.05) is 5.32 Å². The molecule has 8 heteroatoms. The Morgan fingerprint density at radius 1 is 1.12 bits per heavy atom. The summed E-state index contributed by atoms with van der Waals surface area (Å²) in [4.78, 5) is 17.5. The Kier molecular flexibility index (Phi) is 4.09. The van der Waals surface area contributed by atoms with Gasteiger partial charge < -0.3 is 14.4 Å². The van der Waals surface area contributed by atoms with Crippen LogP contribution in [0, 0.1) is 0 Å². The van der Waals surface area contributed by atoms with Crippen molar-refractivity contribution in [1.82, 2.24) is 15.3 Å². The number of nitrogens with one attached hydrogen (secondary N) is 1. The molecule has 0 spiro atoms. The summed E-state index contributed by atoms with van der Waals surface area (Å²) in [7, 11) is 0. The molecule has 4 rings (SSSR count). The first-order valence-electron chi connectivity index (χ1n) is 7.46. The summed E-state index contributed by atoms with van der Waals surface area (Å²) < 4.78 is 10.2. The third kappa shape index (κ3) is 3.33. The van der Waals surface area contributed by atoms with Crippen LogP contribution in [0.2, 0.25) is 0 Å². The zero-order chi connectivity index (χ0) is 17.1. The minimum Gasteiger partial charge on any atom is -0.351 e. The van der Waals surface area contributed by atoms with Crippen molar-refractivity contribution in [1.29, 1.82) is 0 Å². The largest absolute Gasteiger partial charge is 0.351 e. The summed E-state index contributed by atoms with van der Waals surface area (Å²) in [6.45, 7) is 0. The molecule has 0 aliphatic carbocycles. The van der Waals surface area contributed by atoms with Crippen LogP contribution in [0.5, 0.6) is 0 Å². The molecule has 124 valence electrons.